The highest BCUT2D eigenvalue weighted by Crippen LogP contribution is 2.09. The molecule has 0 atom stereocenters. The third-order valence-electron chi connectivity index (χ3n) is 3.34. The zero-order valence-corrected chi connectivity index (χ0v) is 13.4. The smallest absolute Gasteiger partial charge is 0.227 e. The van der Waals surface area contributed by atoms with Crippen LogP contribution in [0, 0.1) is 0 Å². The zero-order chi connectivity index (χ0) is 15.9. The summed E-state index contributed by atoms with van der Waals surface area (Å²) < 4.78 is 5.21. The molecule has 0 saturated heterocycles. The van der Waals surface area contributed by atoms with Gasteiger partial charge < -0.3 is 9.84 Å². The van der Waals surface area contributed by atoms with Crippen LogP contribution in [0.4, 0.5) is 0 Å². The number of amides is 1. The van der Waals surface area contributed by atoms with Crippen LogP contribution in [0.25, 0.3) is 0 Å². The lowest BCUT2D eigenvalue weighted by Gasteiger charge is -2.00. The van der Waals surface area contributed by atoms with Crippen LogP contribution in [0.3, 0.4) is 0 Å². The Balaban J connectivity index is 1.44. The van der Waals surface area contributed by atoms with E-state index in [-0.39, 0.29) is 5.91 Å². The van der Waals surface area contributed by atoms with E-state index >= 15 is 0 Å². The summed E-state index contributed by atoms with van der Waals surface area (Å²) in [6.07, 6.45) is 1.93. The summed E-state index contributed by atoms with van der Waals surface area (Å²) in [5, 5.41) is 8.67. The largest absolute Gasteiger partial charge is 0.348 e. The number of carbonyl (C=O) groups is 1. The van der Waals surface area contributed by atoms with Crippen molar-refractivity contribution in [2.24, 2.45) is 0 Å². The van der Waals surface area contributed by atoms with Gasteiger partial charge in [0.15, 0.2) is 5.82 Å². The molecule has 0 fully saturated rings. The van der Waals surface area contributed by atoms with Crippen LogP contribution < -0.4 is 5.32 Å². The van der Waals surface area contributed by atoms with Crippen LogP contribution in [0.1, 0.15) is 22.2 Å². The van der Waals surface area contributed by atoms with Crippen molar-refractivity contribution < 1.29 is 9.32 Å². The summed E-state index contributed by atoms with van der Waals surface area (Å²) in [6.45, 7) is 0.291. The third kappa shape index (κ3) is 4.75. The highest BCUT2D eigenvalue weighted by atomic mass is 32.1. The highest BCUT2D eigenvalue weighted by molar-refractivity contribution is 7.10. The minimum atomic E-state index is -0.0388. The molecule has 0 unspecified atom stereocenters. The molecule has 0 saturated carbocycles. The number of nitrogens with one attached hydrogen (secondary N) is 1. The van der Waals surface area contributed by atoms with E-state index in [9.17, 15) is 4.79 Å². The SMILES string of the molecule is O=C(Cc1cccs1)NCc1noc(CCc2ccccc2)n1. The van der Waals surface area contributed by atoms with Crippen molar-refractivity contribution in [1.29, 1.82) is 0 Å². The number of hydrogen-bond donors (Lipinski definition) is 1. The first-order valence-electron chi connectivity index (χ1n) is 7.44. The first kappa shape index (κ1) is 15.4. The van der Waals surface area contributed by atoms with Gasteiger partial charge in [-0.2, -0.15) is 4.98 Å². The molecule has 1 amide bonds. The number of thiophene rings is 1. The molecule has 1 aromatic carbocycles. The number of carbonyl (C=O) groups excluding carboxylic acids is 1. The maximum atomic E-state index is 11.8. The lowest BCUT2D eigenvalue weighted by Crippen LogP contribution is -2.24. The van der Waals surface area contributed by atoms with Gasteiger partial charge in [-0.15, -0.1) is 11.3 Å². The molecule has 0 spiro atoms. The molecule has 3 aromatic rings. The van der Waals surface area contributed by atoms with Crippen LogP contribution in [-0.2, 0) is 30.6 Å². The summed E-state index contributed by atoms with van der Waals surface area (Å²) >= 11 is 1.57. The second kappa shape index (κ2) is 7.69. The second-order valence-corrected chi connectivity index (χ2v) is 6.16. The first-order valence-corrected chi connectivity index (χ1v) is 8.32. The Hall–Kier alpha value is -2.47. The number of rotatable bonds is 7. The van der Waals surface area contributed by atoms with E-state index in [1.807, 2.05) is 35.7 Å². The van der Waals surface area contributed by atoms with E-state index < -0.39 is 0 Å². The zero-order valence-electron chi connectivity index (χ0n) is 12.6. The molecular formula is C17H17N3O2S. The molecule has 2 aromatic heterocycles. The minimum absolute atomic E-state index is 0.0388. The highest BCUT2D eigenvalue weighted by Gasteiger charge is 2.09. The number of benzene rings is 1. The van der Waals surface area contributed by atoms with Gasteiger partial charge >= 0.3 is 0 Å². The van der Waals surface area contributed by atoms with Crippen molar-refractivity contribution in [3.8, 4) is 0 Å². The van der Waals surface area contributed by atoms with Crippen molar-refractivity contribution in [3.05, 3.63) is 70.0 Å². The van der Waals surface area contributed by atoms with Gasteiger partial charge in [0.05, 0.1) is 13.0 Å². The Morgan fingerprint density at radius 3 is 2.78 bits per heavy atom. The van der Waals surface area contributed by atoms with E-state index in [2.05, 4.69) is 27.6 Å². The summed E-state index contributed by atoms with van der Waals surface area (Å²) in [7, 11) is 0. The Kier molecular flexibility index (Phi) is 5.16. The fraction of sp³-hybridized carbons (Fsp3) is 0.235. The Morgan fingerprint density at radius 2 is 2.00 bits per heavy atom. The molecule has 0 aliphatic carbocycles. The maximum absolute atomic E-state index is 11.8. The minimum Gasteiger partial charge on any atom is -0.348 e. The van der Waals surface area contributed by atoms with Crippen LogP contribution in [0.5, 0.6) is 0 Å². The quantitative estimate of drug-likeness (QED) is 0.724. The van der Waals surface area contributed by atoms with Gasteiger partial charge in [0.1, 0.15) is 0 Å². The molecule has 0 aliphatic rings. The van der Waals surface area contributed by atoms with Gasteiger partial charge in [0, 0.05) is 11.3 Å². The number of aryl methyl sites for hydroxylation is 2. The number of hydrogen-bond acceptors (Lipinski definition) is 5. The molecule has 1 N–H and O–H groups in total. The average molecular weight is 327 g/mol. The topological polar surface area (TPSA) is 68.0 Å². The van der Waals surface area contributed by atoms with Crippen LogP contribution in [0.15, 0.2) is 52.4 Å². The molecule has 6 heteroatoms. The standard InChI is InChI=1S/C17H17N3O2S/c21-16(11-14-7-4-10-23-14)18-12-15-19-17(22-20-15)9-8-13-5-2-1-3-6-13/h1-7,10H,8-9,11-12H2,(H,18,21). The lowest BCUT2D eigenvalue weighted by molar-refractivity contribution is -0.120. The third-order valence-corrected chi connectivity index (χ3v) is 4.22. The van der Waals surface area contributed by atoms with Gasteiger partial charge in [-0.3, -0.25) is 4.79 Å². The maximum Gasteiger partial charge on any atom is 0.227 e. The van der Waals surface area contributed by atoms with Crippen LogP contribution in [-0.4, -0.2) is 16.0 Å². The van der Waals surface area contributed by atoms with Gasteiger partial charge in [-0.25, -0.2) is 0 Å². The van der Waals surface area contributed by atoms with Gasteiger partial charge in [0.2, 0.25) is 11.8 Å². The summed E-state index contributed by atoms with van der Waals surface area (Å²) in [5.74, 6) is 1.06. The molecule has 23 heavy (non-hydrogen) atoms. The fourth-order valence-electron chi connectivity index (χ4n) is 2.17. The molecule has 3 rings (SSSR count). The van der Waals surface area contributed by atoms with Gasteiger partial charge in [0.25, 0.3) is 0 Å². The predicted molar refractivity (Wildman–Crippen MR) is 88.0 cm³/mol. The molecule has 2 heterocycles. The Bertz CT molecular complexity index is 738. The average Bonchev–Trinajstić information content (AvgIpc) is 3.24. The van der Waals surface area contributed by atoms with Crippen molar-refractivity contribution in [2.75, 3.05) is 0 Å². The van der Waals surface area contributed by atoms with Gasteiger partial charge in [-0.1, -0.05) is 41.6 Å². The predicted octanol–water partition coefficient (Wildman–Crippen LogP) is 2.78. The van der Waals surface area contributed by atoms with Crippen molar-refractivity contribution in [2.45, 2.75) is 25.8 Å². The normalized spacial score (nSPS) is 10.6. The van der Waals surface area contributed by atoms with E-state index in [1.165, 1.54) is 5.56 Å². The Morgan fingerprint density at radius 1 is 1.13 bits per heavy atom. The molecule has 0 bridgehead atoms. The monoisotopic (exact) mass is 327 g/mol. The summed E-state index contributed by atoms with van der Waals surface area (Å²) in [4.78, 5) is 17.2. The summed E-state index contributed by atoms with van der Waals surface area (Å²) in [6, 6.07) is 14.0. The van der Waals surface area contributed by atoms with Crippen LogP contribution >= 0.6 is 11.3 Å². The Labute approximate surface area is 138 Å². The molecule has 0 radical (unpaired) electrons. The molecule has 5 nitrogen and oxygen atoms in total. The van der Waals surface area contributed by atoms with E-state index in [1.54, 1.807) is 11.3 Å². The molecule has 118 valence electrons. The summed E-state index contributed by atoms with van der Waals surface area (Å²) in [5.41, 5.74) is 1.23. The first-order chi connectivity index (χ1) is 11.3. The fourth-order valence-corrected chi connectivity index (χ4v) is 2.87. The van der Waals surface area contributed by atoms with E-state index in [0.29, 0.717) is 31.1 Å². The van der Waals surface area contributed by atoms with Gasteiger partial charge in [-0.05, 0) is 23.4 Å². The van der Waals surface area contributed by atoms with Crippen molar-refractivity contribution in [3.63, 3.8) is 0 Å². The molecular weight excluding hydrogens is 310 g/mol. The molecule has 0 aliphatic heterocycles. The van der Waals surface area contributed by atoms with Crippen molar-refractivity contribution in [1.82, 2.24) is 15.5 Å². The van der Waals surface area contributed by atoms with E-state index in [4.69, 9.17) is 4.52 Å². The number of aromatic nitrogens is 2. The van der Waals surface area contributed by atoms with E-state index in [0.717, 1.165) is 11.3 Å². The lowest BCUT2D eigenvalue weighted by atomic mass is 10.1. The van der Waals surface area contributed by atoms with Crippen molar-refractivity contribution >= 4 is 17.2 Å². The number of nitrogens with zero attached hydrogens (tertiary/aromatic N) is 2. The van der Waals surface area contributed by atoms with Crippen LogP contribution in [0.2, 0.25) is 0 Å². The second-order valence-electron chi connectivity index (χ2n) is 5.12.